The van der Waals surface area contributed by atoms with Crippen molar-refractivity contribution >= 4 is 39.7 Å². The predicted molar refractivity (Wildman–Crippen MR) is 134 cm³/mol. The van der Waals surface area contributed by atoms with E-state index in [0.717, 1.165) is 23.3 Å². The Morgan fingerprint density at radius 2 is 1.82 bits per heavy atom. The van der Waals surface area contributed by atoms with Crippen LogP contribution in [0.15, 0.2) is 70.2 Å². The van der Waals surface area contributed by atoms with E-state index in [-0.39, 0.29) is 5.91 Å². The van der Waals surface area contributed by atoms with E-state index in [9.17, 15) is 4.79 Å². The van der Waals surface area contributed by atoms with E-state index >= 15 is 0 Å². The van der Waals surface area contributed by atoms with Gasteiger partial charge in [-0.15, -0.1) is 0 Å². The molecule has 6 nitrogen and oxygen atoms in total. The standard InChI is InChI=1S/C25H24BrClN2O4/c1-3-12-32-21-10-6-19(7-11-21)25(30)29-28-15-18-13-22(26)24(23(14-18)31-2)33-16-17-4-8-20(27)9-5-17/h4-11,13-15H,3,12,16H2,1-2H3,(H,29,30)/b28-15+. The topological polar surface area (TPSA) is 69.2 Å². The molecule has 0 radical (unpaired) electrons. The molecule has 0 heterocycles. The van der Waals surface area contributed by atoms with Gasteiger partial charge in [-0.1, -0.05) is 30.7 Å². The number of rotatable bonds is 10. The van der Waals surface area contributed by atoms with Crippen LogP contribution in [0.5, 0.6) is 17.2 Å². The SMILES string of the molecule is CCCOc1ccc(C(=O)N/N=C/c2cc(Br)c(OCc3ccc(Cl)cc3)c(OC)c2)cc1. The monoisotopic (exact) mass is 530 g/mol. The molecular formula is C25H24BrClN2O4. The molecule has 0 aromatic heterocycles. The van der Waals surface area contributed by atoms with Crippen LogP contribution in [0.1, 0.15) is 34.8 Å². The summed E-state index contributed by atoms with van der Waals surface area (Å²) >= 11 is 9.45. The number of carbonyl (C=O) groups excluding carboxylic acids is 1. The van der Waals surface area contributed by atoms with E-state index in [1.54, 1.807) is 37.4 Å². The van der Waals surface area contributed by atoms with Gasteiger partial charge in [-0.25, -0.2) is 5.43 Å². The summed E-state index contributed by atoms with van der Waals surface area (Å²) in [6, 6.07) is 18.0. The zero-order valence-corrected chi connectivity index (χ0v) is 20.7. The lowest BCUT2D eigenvalue weighted by Gasteiger charge is -2.13. The van der Waals surface area contributed by atoms with E-state index in [1.165, 1.54) is 6.21 Å². The number of carbonyl (C=O) groups is 1. The molecule has 1 N–H and O–H groups in total. The van der Waals surface area contributed by atoms with Gasteiger partial charge < -0.3 is 14.2 Å². The van der Waals surface area contributed by atoms with Crippen LogP contribution in [0.3, 0.4) is 0 Å². The first-order valence-electron chi connectivity index (χ1n) is 10.3. The smallest absolute Gasteiger partial charge is 0.271 e. The van der Waals surface area contributed by atoms with E-state index in [1.807, 2.05) is 37.3 Å². The molecule has 0 fully saturated rings. The third-order valence-electron chi connectivity index (χ3n) is 4.52. The molecule has 3 aromatic carbocycles. The third kappa shape index (κ3) is 7.23. The zero-order chi connectivity index (χ0) is 23.6. The highest BCUT2D eigenvalue weighted by Gasteiger charge is 2.12. The normalized spacial score (nSPS) is 10.8. The first kappa shape index (κ1) is 24.6. The highest BCUT2D eigenvalue weighted by Crippen LogP contribution is 2.37. The fraction of sp³-hybridized carbons (Fsp3) is 0.200. The number of nitrogens with zero attached hydrogens (tertiary/aromatic N) is 1. The number of hydrazone groups is 1. The minimum atomic E-state index is -0.317. The van der Waals surface area contributed by atoms with Gasteiger partial charge in [-0.05, 0) is 82.0 Å². The molecule has 172 valence electrons. The Balaban J connectivity index is 1.62. The summed E-state index contributed by atoms with van der Waals surface area (Å²) in [6.45, 7) is 3.04. The van der Waals surface area contributed by atoms with Crippen molar-refractivity contribution in [2.75, 3.05) is 13.7 Å². The number of amides is 1. The molecular weight excluding hydrogens is 508 g/mol. The van der Waals surface area contributed by atoms with Crippen LogP contribution in [0, 0.1) is 0 Å². The maximum absolute atomic E-state index is 12.3. The highest BCUT2D eigenvalue weighted by atomic mass is 79.9. The minimum Gasteiger partial charge on any atom is -0.494 e. The van der Waals surface area contributed by atoms with Crippen LogP contribution in [0.4, 0.5) is 0 Å². The van der Waals surface area contributed by atoms with E-state index < -0.39 is 0 Å². The number of halogens is 2. The molecule has 0 saturated heterocycles. The van der Waals surface area contributed by atoms with Crippen LogP contribution < -0.4 is 19.6 Å². The second kappa shape index (κ2) is 12.3. The van der Waals surface area contributed by atoms with E-state index in [2.05, 4.69) is 26.5 Å². The Labute approximate surface area is 206 Å². The average Bonchev–Trinajstić information content (AvgIpc) is 2.83. The summed E-state index contributed by atoms with van der Waals surface area (Å²) in [7, 11) is 1.56. The number of nitrogens with one attached hydrogen (secondary N) is 1. The number of hydrogen-bond donors (Lipinski definition) is 1. The summed E-state index contributed by atoms with van der Waals surface area (Å²) in [5, 5.41) is 4.72. The van der Waals surface area contributed by atoms with Crippen molar-refractivity contribution < 1.29 is 19.0 Å². The Bertz CT molecular complexity index is 1100. The first-order chi connectivity index (χ1) is 16.0. The van der Waals surface area contributed by atoms with Crippen LogP contribution in [-0.4, -0.2) is 25.8 Å². The van der Waals surface area contributed by atoms with Crippen molar-refractivity contribution in [3.63, 3.8) is 0 Å². The number of hydrogen-bond acceptors (Lipinski definition) is 5. The zero-order valence-electron chi connectivity index (χ0n) is 18.3. The van der Waals surface area contributed by atoms with Crippen molar-refractivity contribution in [2.45, 2.75) is 20.0 Å². The number of ether oxygens (including phenoxy) is 3. The van der Waals surface area contributed by atoms with E-state index in [4.69, 9.17) is 25.8 Å². The van der Waals surface area contributed by atoms with Crippen molar-refractivity contribution in [3.8, 4) is 17.2 Å². The van der Waals surface area contributed by atoms with Gasteiger partial charge in [-0.2, -0.15) is 5.10 Å². The molecule has 0 spiro atoms. The van der Waals surface area contributed by atoms with Crippen molar-refractivity contribution in [3.05, 3.63) is 86.8 Å². The van der Waals surface area contributed by atoms with Crippen LogP contribution >= 0.6 is 27.5 Å². The van der Waals surface area contributed by atoms with Gasteiger partial charge in [0.15, 0.2) is 11.5 Å². The molecule has 0 atom stereocenters. The van der Waals surface area contributed by atoms with Gasteiger partial charge in [0.25, 0.3) is 5.91 Å². The number of methoxy groups -OCH3 is 1. The lowest BCUT2D eigenvalue weighted by atomic mass is 10.2. The van der Waals surface area contributed by atoms with Crippen LogP contribution in [-0.2, 0) is 6.61 Å². The van der Waals surface area contributed by atoms with Crippen molar-refractivity contribution in [1.82, 2.24) is 5.43 Å². The minimum absolute atomic E-state index is 0.317. The average molecular weight is 532 g/mol. The molecule has 3 aromatic rings. The molecule has 3 rings (SSSR count). The molecule has 33 heavy (non-hydrogen) atoms. The van der Waals surface area contributed by atoms with E-state index in [0.29, 0.717) is 39.8 Å². The lowest BCUT2D eigenvalue weighted by Crippen LogP contribution is -2.17. The Morgan fingerprint density at radius 1 is 1.09 bits per heavy atom. The second-order valence-electron chi connectivity index (χ2n) is 7.02. The van der Waals surface area contributed by atoms with Crippen molar-refractivity contribution in [1.29, 1.82) is 0 Å². The summed E-state index contributed by atoms with van der Waals surface area (Å²) < 4.78 is 17.6. The first-order valence-corrected chi connectivity index (χ1v) is 11.5. The van der Waals surface area contributed by atoms with Gasteiger partial charge in [0, 0.05) is 10.6 Å². The van der Waals surface area contributed by atoms with Crippen molar-refractivity contribution in [2.24, 2.45) is 5.10 Å². The van der Waals surface area contributed by atoms with Gasteiger partial charge >= 0.3 is 0 Å². The number of benzene rings is 3. The highest BCUT2D eigenvalue weighted by molar-refractivity contribution is 9.10. The van der Waals surface area contributed by atoms with Gasteiger partial charge in [0.1, 0.15) is 12.4 Å². The summed E-state index contributed by atoms with van der Waals surface area (Å²) in [5.74, 6) is 1.52. The molecule has 0 aliphatic heterocycles. The quantitative estimate of drug-likeness (QED) is 0.248. The third-order valence-corrected chi connectivity index (χ3v) is 5.36. The predicted octanol–water partition coefficient (Wildman–Crippen LogP) is 6.24. The molecule has 1 amide bonds. The fourth-order valence-electron chi connectivity index (χ4n) is 2.84. The molecule has 0 bridgehead atoms. The van der Waals surface area contributed by atoms with Gasteiger partial charge in [0.05, 0.1) is 24.4 Å². The van der Waals surface area contributed by atoms with Gasteiger partial charge in [-0.3, -0.25) is 4.79 Å². The molecule has 0 unspecified atom stereocenters. The molecule has 0 saturated carbocycles. The van der Waals surface area contributed by atoms with Gasteiger partial charge in [0.2, 0.25) is 0 Å². The second-order valence-corrected chi connectivity index (χ2v) is 8.31. The summed E-state index contributed by atoms with van der Waals surface area (Å²) in [5.41, 5.74) is 4.71. The molecule has 0 aliphatic rings. The Hall–Kier alpha value is -3.03. The Morgan fingerprint density at radius 3 is 2.48 bits per heavy atom. The molecule has 8 heteroatoms. The fourth-order valence-corrected chi connectivity index (χ4v) is 3.54. The van der Waals surface area contributed by atoms with Crippen LogP contribution in [0.25, 0.3) is 0 Å². The maximum Gasteiger partial charge on any atom is 0.271 e. The lowest BCUT2D eigenvalue weighted by molar-refractivity contribution is 0.0955. The Kier molecular flexibility index (Phi) is 9.15. The largest absolute Gasteiger partial charge is 0.494 e. The maximum atomic E-state index is 12.3. The van der Waals surface area contributed by atoms with Crippen LogP contribution in [0.2, 0.25) is 5.02 Å². The summed E-state index contributed by atoms with van der Waals surface area (Å²) in [6.07, 6.45) is 2.46. The molecule has 0 aliphatic carbocycles. The summed E-state index contributed by atoms with van der Waals surface area (Å²) in [4.78, 5) is 12.3.